The van der Waals surface area contributed by atoms with Crippen LogP contribution >= 0.6 is 0 Å². The highest BCUT2D eigenvalue weighted by Gasteiger charge is 2.20. The van der Waals surface area contributed by atoms with E-state index in [1.54, 1.807) is 0 Å². The summed E-state index contributed by atoms with van der Waals surface area (Å²) in [4.78, 5) is 33.0. The SMILES string of the molecule is COC(=O)CNC(=O)c1ccc(NS(=O)(=O)c2ccc(C)c([N+](=O)[O-])c2)cc1. The Kier molecular flexibility index (Phi) is 6.31. The number of nitrogens with zero attached hydrogens (tertiary/aromatic N) is 1. The number of methoxy groups -OCH3 is 1. The lowest BCUT2D eigenvalue weighted by atomic mass is 10.2. The molecule has 0 saturated heterocycles. The molecular formula is C17H17N3O7S. The number of anilines is 1. The molecular weight excluding hydrogens is 390 g/mol. The number of esters is 1. The lowest BCUT2D eigenvalue weighted by Crippen LogP contribution is -2.30. The van der Waals surface area contributed by atoms with Gasteiger partial charge in [0.05, 0.1) is 16.9 Å². The number of aryl methyl sites for hydroxylation is 1. The molecule has 2 rings (SSSR count). The highest BCUT2D eigenvalue weighted by molar-refractivity contribution is 7.92. The van der Waals surface area contributed by atoms with Gasteiger partial charge in [-0.3, -0.25) is 24.4 Å². The Labute approximate surface area is 160 Å². The van der Waals surface area contributed by atoms with E-state index in [1.807, 2.05) is 0 Å². The van der Waals surface area contributed by atoms with Crippen LogP contribution < -0.4 is 10.0 Å². The maximum absolute atomic E-state index is 12.5. The van der Waals surface area contributed by atoms with Gasteiger partial charge >= 0.3 is 5.97 Å². The van der Waals surface area contributed by atoms with Crippen LogP contribution in [0.1, 0.15) is 15.9 Å². The molecule has 11 heteroatoms. The molecule has 0 aliphatic heterocycles. The molecule has 0 bridgehead atoms. The number of nitrogens with one attached hydrogen (secondary N) is 2. The first-order valence-electron chi connectivity index (χ1n) is 7.87. The molecule has 10 nitrogen and oxygen atoms in total. The Morgan fingerprint density at radius 2 is 1.79 bits per heavy atom. The van der Waals surface area contributed by atoms with E-state index in [1.165, 1.54) is 50.4 Å². The fourth-order valence-electron chi connectivity index (χ4n) is 2.18. The molecule has 2 aromatic rings. The molecule has 0 unspecified atom stereocenters. The van der Waals surface area contributed by atoms with E-state index >= 15 is 0 Å². The smallest absolute Gasteiger partial charge is 0.325 e. The quantitative estimate of drug-likeness (QED) is 0.403. The molecule has 2 N–H and O–H groups in total. The zero-order valence-electron chi connectivity index (χ0n) is 15.0. The second-order valence-corrected chi connectivity index (χ2v) is 7.33. The number of nitro groups is 1. The van der Waals surface area contributed by atoms with Gasteiger partial charge in [-0.1, -0.05) is 6.07 Å². The Balaban J connectivity index is 2.15. The van der Waals surface area contributed by atoms with E-state index in [0.717, 1.165) is 6.07 Å². The summed E-state index contributed by atoms with van der Waals surface area (Å²) >= 11 is 0. The number of carbonyl (C=O) groups excluding carboxylic acids is 2. The highest BCUT2D eigenvalue weighted by Crippen LogP contribution is 2.24. The largest absolute Gasteiger partial charge is 0.468 e. The van der Waals surface area contributed by atoms with Crippen molar-refractivity contribution < 1.29 is 27.7 Å². The van der Waals surface area contributed by atoms with Gasteiger partial charge in [-0.25, -0.2) is 8.42 Å². The van der Waals surface area contributed by atoms with Crippen LogP contribution in [0.25, 0.3) is 0 Å². The van der Waals surface area contributed by atoms with Crippen molar-refractivity contribution in [3.05, 3.63) is 63.7 Å². The maximum atomic E-state index is 12.5. The number of sulfonamides is 1. The van der Waals surface area contributed by atoms with E-state index in [9.17, 15) is 28.1 Å². The normalized spacial score (nSPS) is 10.8. The molecule has 0 heterocycles. The topological polar surface area (TPSA) is 145 Å². The van der Waals surface area contributed by atoms with Gasteiger partial charge in [0, 0.05) is 22.9 Å². The van der Waals surface area contributed by atoms with Crippen molar-refractivity contribution in [3.8, 4) is 0 Å². The first kappa shape index (κ1) is 20.8. The predicted molar refractivity (Wildman–Crippen MR) is 99.4 cm³/mol. The number of amides is 1. The molecule has 0 aromatic heterocycles. The van der Waals surface area contributed by atoms with Crippen LogP contribution in [-0.4, -0.2) is 38.9 Å². The third kappa shape index (κ3) is 5.04. The molecule has 0 aliphatic carbocycles. The van der Waals surface area contributed by atoms with Gasteiger partial charge in [0.1, 0.15) is 6.54 Å². The third-order valence-electron chi connectivity index (χ3n) is 3.71. The van der Waals surface area contributed by atoms with Gasteiger partial charge in [0.15, 0.2) is 0 Å². The molecule has 0 fully saturated rings. The number of benzene rings is 2. The van der Waals surface area contributed by atoms with E-state index in [0.29, 0.717) is 5.56 Å². The number of carbonyl (C=O) groups is 2. The van der Waals surface area contributed by atoms with Gasteiger partial charge in [-0.05, 0) is 37.3 Å². The Bertz CT molecular complexity index is 1020. The van der Waals surface area contributed by atoms with Crippen molar-refractivity contribution in [2.24, 2.45) is 0 Å². The van der Waals surface area contributed by atoms with Crippen molar-refractivity contribution in [1.29, 1.82) is 0 Å². The minimum atomic E-state index is -4.06. The zero-order valence-corrected chi connectivity index (χ0v) is 15.8. The van der Waals surface area contributed by atoms with Gasteiger partial charge in [-0.2, -0.15) is 0 Å². The van der Waals surface area contributed by atoms with E-state index in [-0.39, 0.29) is 28.4 Å². The summed E-state index contributed by atoms with van der Waals surface area (Å²) in [6, 6.07) is 9.03. The number of hydrogen-bond donors (Lipinski definition) is 2. The first-order chi connectivity index (χ1) is 13.1. The molecule has 28 heavy (non-hydrogen) atoms. The first-order valence-corrected chi connectivity index (χ1v) is 9.35. The van der Waals surface area contributed by atoms with Crippen LogP contribution in [0.2, 0.25) is 0 Å². The van der Waals surface area contributed by atoms with Crippen molar-refractivity contribution in [3.63, 3.8) is 0 Å². The fourth-order valence-corrected chi connectivity index (χ4v) is 3.26. The van der Waals surface area contributed by atoms with Crippen LogP contribution in [0.3, 0.4) is 0 Å². The summed E-state index contributed by atoms with van der Waals surface area (Å²) < 4.78 is 31.6. The van der Waals surface area contributed by atoms with Gasteiger partial charge < -0.3 is 10.1 Å². The number of ether oxygens (including phenoxy) is 1. The van der Waals surface area contributed by atoms with Crippen LogP contribution in [-0.2, 0) is 19.6 Å². The third-order valence-corrected chi connectivity index (χ3v) is 5.09. The Hall–Kier alpha value is -3.47. The number of hydrogen-bond acceptors (Lipinski definition) is 7. The molecule has 1 amide bonds. The van der Waals surface area contributed by atoms with Gasteiger partial charge in [-0.15, -0.1) is 0 Å². The Morgan fingerprint density at radius 3 is 2.36 bits per heavy atom. The van der Waals surface area contributed by atoms with Crippen molar-refractivity contribution in [1.82, 2.24) is 5.32 Å². The molecule has 0 spiro atoms. The summed E-state index contributed by atoms with van der Waals surface area (Å²) in [7, 11) is -2.87. The molecule has 0 saturated carbocycles. The van der Waals surface area contributed by atoms with Crippen LogP contribution in [0.5, 0.6) is 0 Å². The highest BCUT2D eigenvalue weighted by atomic mass is 32.2. The summed E-state index contributed by atoms with van der Waals surface area (Å²) in [5.74, 6) is -1.14. The van der Waals surface area contributed by atoms with Gasteiger partial charge in [0.2, 0.25) is 0 Å². The number of nitro benzene ring substituents is 1. The summed E-state index contributed by atoms with van der Waals surface area (Å²) in [5, 5.41) is 13.3. The van der Waals surface area contributed by atoms with Crippen molar-refractivity contribution >= 4 is 33.3 Å². The van der Waals surface area contributed by atoms with E-state index in [4.69, 9.17) is 0 Å². The molecule has 148 valence electrons. The average Bonchev–Trinajstić information content (AvgIpc) is 2.66. The summed E-state index contributed by atoms with van der Waals surface area (Å²) in [5.41, 5.74) is 0.400. The molecule has 0 radical (unpaired) electrons. The summed E-state index contributed by atoms with van der Waals surface area (Å²) in [6.07, 6.45) is 0. The lowest BCUT2D eigenvalue weighted by molar-refractivity contribution is -0.385. The summed E-state index contributed by atoms with van der Waals surface area (Å²) in [6.45, 7) is 1.21. The standard InChI is InChI=1S/C17H17N3O7S/c1-11-3-8-14(9-15(11)20(23)24)28(25,26)19-13-6-4-12(5-7-13)17(22)18-10-16(21)27-2/h3-9,19H,10H2,1-2H3,(H,18,22). The lowest BCUT2D eigenvalue weighted by Gasteiger charge is -2.09. The monoisotopic (exact) mass is 407 g/mol. The second-order valence-electron chi connectivity index (χ2n) is 5.65. The zero-order chi connectivity index (χ0) is 20.9. The fraction of sp³-hybridized carbons (Fsp3) is 0.176. The average molecular weight is 407 g/mol. The van der Waals surface area contributed by atoms with Crippen LogP contribution in [0, 0.1) is 17.0 Å². The number of rotatable bonds is 7. The van der Waals surface area contributed by atoms with Crippen LogP contribution in [0.4, 0.5) is 11.4 Å². The molecule has 2 aromatic carbocycles. The van der Waals surface area contributed by atoms with Crippen molar-refractivity contribution in [2.75, 3.05) is 18.4 Å². The van der Waals surface area contributed by atoms with E-state index in [2.05, 4.69) is 14.8 Å². The van der Waals surface area contributed by atoms with Crippen LogP contribution in [0.15, 0.2) is 47.4 Å². The van der Waals surface area contributed by atoms with Crippen molar-refractivity contribution in [2.45, 2.75) is 11.8 Å². The maximum Gasteiger partial charge on any atom is 0.325 e. The Morgan fingerprint density at radius 1 is 1.14 bits per heavy atom. The molecule has 0 atom stereocenters. The minimum absolute atomic E-state index is 0.160. The minimum Gasteiger partial charge on any atom is -0.468 e. The predicted octanol–water partition coefficient (Wildman–Crippen LogP) is 1.61. The second kappa shape index (κ2) is 8.48. The van der Waals surface area contributed by atoms with E-state index < -0.39 is 26.8 Å². The van der Waals surface area contributed by atoms with Gasteiger partial charge in [0.25, 0.3) is 21.6 Å². The molecule has 0 aliphatic rings.